The number of hydrogen-bond acceptors (Lipinski definition) is 7. The molecular formula is C26H24FN7O. The van der Waals surface area contributed by atoms with Gasteiger partial charge in [0.15, 0.2) is 5.65 Å². The van der Waals surface area contributed by atoms with E-state index in [1.165, 1.54) is 6.07 Å². The highest BCUT2D eigenvalue weighted by Gasteiger charge is 2.67. The quantitative estimate of drug-likeness (QED) is 0.410. The van der Waals surface area contributed by atoms with Gasteiger partial charge in [0.2, 0.25) is 0 Å². The summed E-state index contributed by atoms with van der Waals surface area (Å²) >= 11 is 0. The first-order valence-electron chi connectivity index (χ1n) is 11.9. The minimum atomic E-state index is -0.338. The van der Waals surface area contributed by atoms with Crippen molar-refractivity contribution in [3.8, 4) is 11.1 Å². The lowest BCUT2D eigenvalue weighted by molar-refractivity contribution is 0.379. The maximum absolute atomic E-state index is 14.3. The Bertz CT molecular complexity index is 1590. The Morgan fingerprint density at radius 1 is 1.20 bits per heavy atom. The highest BCUT2D eigenvalue weighted by Crippen LogP contribution is 2.62. The number of piperidine rings is 1. The van der Waals surface area contributed by atoms with Crippen LogP contribution in [0.4, 0.5) is 10.2 Å². The molecule has 3 atom stereocenters. The van der Waals surface area contributed by atoms with Crippen LogP contribution in [0.3, 0.4) is 0 Å². The van der Waals surface area contributed by atoms with Crippen LogP contribution in [0, 0.1) is 24.6 Å². The van der Waals surface area contributed by atoms with Crippen LogP contribution in [-0.4, -0.2) is 44.7 Å². The van der Waals surface area contributed by atoms with Crippen molar-refractivity contribution in [2.45, 2.75) is 18.8 Å². The number of benzene rings is 1. The van der Waals surface area contributed by atoms with E-state index in [2.05, 4.69) is 20.0 Å². The first kappa shape index (κ1) is 20.5. The molecule has 5 aromatic rings. The van der Waals surface area contributed by atoms with Gasteiger partial charge < -0.3 is 20.1 Å². The summed E-state index contributed by atoms with van der Waals surface area (Å²) in [6, 6.07) is 8.93. The smallest absolute Gasteiger partial charge is 0.159 e. The number of halogens is 1. The third-order valence-electron chi connectivity index (χ3n) is 7.97. The van der Waals surface area contributed by atoms with Crippen molar-refractivity contribution in [3.63, 3.8) is 0 Å². The Kier molecular flexibility index (Phi) is 4.29. The van der Waals surface area contributed by atoms with Crippen LogP contribution in [-0.2, 0) is 5.41 Å². The minimum absolute atomic E-state index is 0.110. The summed E-state index contributed by atoms with van der Waals surface area (Å²) < 4.78 is 19.6. The van der Waals surface area contributed by atoms with Crippen molar-refractivity contribution in [1.82, 2.24) is 25.1 Å². The molecule has 0 spiro atoms. The summed E-state index contributed by atoms with van der Waals surface area (Å²) in [7, 11) is 0. The lowest BCUT2D eigenvalue weighted by Gasteiger charge is -2.26. The molecule has 1 aliphatic heterocycles. The van der Waals surface area contributed by atoms with Crippen LogP contribution in [0.1, 0.15) is 17.9 Å². The molecule has 0 unspecified atom stereocenters. The molecule has 9 heteroatoms. The zero-order valence-electron chi connectivity index (χ0n) is 19.2. The summed E-state index contributed by atoms with van der Waals surface area (Å²) in [4.78, 5) is 19.4. The number of pyridine rings is 1. The van der Waals surface area contributed by atoms with Gasteiger partial charge in [-0.05, 0) is 42.9 Å². The molecule has 35 heavy (non-hydrogen) atoms. The second-order valence-corrected chi connectivity index (χ2v) is 9.64. The molecule has 0 radical (unpaired) electrons. The number of aromatic nitrogens is 5. The van der Waals surface area contributed by atoms with Crippen molar-refractivity contribution >= 4 is 27.9 Å². The van der Waals surface area contributed by atoms with E-state index in [4.69, 9.17) is 20.2 Å². The molecule has 7 rings (SSSR count). The molecule has 2 aliphatic rings. The summed E-state index contributed by atoms with van der Waals surface area (Å²) in [5, 5.41) is 5.05. The normalized spacial score (nSPS) is 23.7. The van der Waals surface area contributed by atoms with E-state index in [-0.39, 0.29) is 11.2 Å². The minimum Gasteiger partial charge on any atom is -0.361 e. The van der Waals surface area contributed by atoms with Crippen LogP contribution in [0.5, 0.6) is 0 Å². The molecular weight excluding hydrogens is 445 g/mol. The number of anilines is 1. The SMILES string of the molecule is Cc1cc([C@@]2(CN)[C@@H]3CCN(c4cnc5c(-c6ccc(F)c7ncccc67)c[nH]c5n4)C[C@@H]32)no1. The molecule has 0 amide bonds. The molecule has 1 saturated carbocycles. The number of hydrogen-bond donors (Lipinski definition) is 2. The van der Waals surface area contributed by atoms with Crippen molar-refractivity contribution < 1.29 is 8.91 Å². The number of aromatic amines is 1. The van der Waals surface area contributed by atoms with Crippen molar-refractivity contribution in [3.05, 3.63) is 66.2 Å². The predicted molar refractivity (Wildman–Crippen MR) is 130 cm³/mol. The van der Waals surface area contributed by atoms with Gasteiger partial charge in [-0.15, -0.1) is 0 Å². The molecule has 3 N–H and O–H groups in total. The lowest BCUT2D eigenvalue weighted by atomic mass is 9.97. The van der Waals surface area contributed by atoms with E-state index in [1.807, 2.05) is 37.5 Å². The van der Waals surface area contributed by atoms with E-state index in [0.717, 1.165) is 58.8 Å². The third kappa shape index (κ3) is 2.88. The molecule has 1 aliphatic carbocycles. The third-order valence-corrected chi connectivity index (χ3v) is 7.97. The van der Waals surface area contributed by atoms with Gasteiger partial charge in [-0.1, -0.05) is 17.3 Å². The average Bonchev–Trinajstić information content (AvgIpc) is 3.13. The number of aryl methyl sites for hydroxylation is 1. The second-order valence-electron chi connectivity index (χ2n) is 9.64. The summed E-state index contributed by atoms with van der Waals surface area (Å²) in [6.45, 7) is 4.23. The number of nitrogens with one attached hydrogen (secondary N) is 1. The molecule has 8 nitrogen and oxygen atoms in total. The van der Waals surface area contributed by atoms with Gasteiger partial charge in [-0.2, -0.15) is 0 Å². The molecule has 1 saturated heterocycles. The molecule has 2 fully saturated rings. The first-order chi connectivity index (χ1) is 17.1. The molecule has 1 aromatic carbocycles. The molecule has 176 valence electrons. The number of nitrogens with two attached hydrogens (primary N) is 1. The number of rotatable bonds is 4. The van der Waals surface area contributed by atoms with E-state index < -0.39 is 0 Å². The van der Waals surface area contributed by atoms with Crippen molar-refractivity contribution in [2.24, 2.45) is 17.6 Å². The van der Waals surface area contributed by atoms with Crippen LogP contribution < -0.4 is 10.6 Å². The van der Waals surface area contributed by atoms with E-state index in [0.29, 0.717) is 29.5 Å². The fourth-order valence-electron chi connectivity index (χ4n) is 6.18. The zero-order valence-corrected chi connectivity index (χ0v) is 19.2. The largest absolute Gasteiger partial charge is 0.361 e. The van der Waals surface area contributed by atoms with Gasteiger partial charge in [0.05, 0.1) is 11.9 Å². The van der Waals surface area contributed by atoms with Crippen molar-refractivity contribution in [2.75, 3.05) is 24.5 Å². The number of fused-ring (bicyclic) bond motifs is 3. The maximum atomic E-state index is 14.3. The van der Waals surface area contributed by atoms with Crippen molar-refractivity contribution in [1.29, 1.82) is 0 Å². The Morgan fingerprint density at radius 2 is 2.11 bits per heavy atom. The van der Waals surface area contributed by atoms with Gasteiger partial charge in [-0.25, -0.2) is 14.4 Å². The van der Waals surface area contributed by atoms with Gasteiger partial charge in [-0.3, -0.25) is 4.98 Å². The van der Waals surface area contributed by atoms with E-state index in [1.54, 1.807) is 12.3 Å². The Morgan fingerprint density at radius 3 is 2.94 bits per heavy atom. The van der Waals surface area contributed by atoms with Gasteiger partial charge in [0, 0.05) is 54.5 Å². The number of nitrogens with zero attached hydrogens (tertiary/aromatic N) is 5. The maximum Gasteiger partial charge on any atom is 0.159 e. The highest BCUT2D eigenvalue weighted by atomic mass is 19.1. The Balaban J connectivity index is 1.21. The second kappa shape index (κ2) is 7.32. The molecule has 5 heterocycles. The van der Waals surface area contributed by atoms with Gasteiger partial charge >= 0.3 is 0 Å². The highest BCUT2D eigenvalue weighted by molar-refractivity contribution is 6.02. The summed E-state index contributed by atoms with van der Waals surface area (Å²) in [6.07, 6.45) is 6.34. The van der Waals surface area contributed by atoms with Gasteiger partial charge in [0.25, 0.3) is 0 Å². The molecule has 0 bridgehead atoms. The fraction of sp³-hybridized carbons (Fsp3) is 0.308. The zero-order chi connectivity index (χ0) is 23.7. The number of H-pyrrole nitrogens is 1. The predicted octanol–water partition coefficient (Wildman–Crippen LogP) is 3.96. The Hall–Kier alpha value is -3.85. The first-order valence-corrected chi connectivity index (χ1v) is 11.9. The topological polar surface area (TPSA) is 110 Å². The average molecular weight is 470 g/mol. The molecule has 4 aromatic heterocycles. The fourth-order valence-corrected chi connectivity index (χ4v) is 6.18. The summed E-state index contributed by atoms with van der Waals surface area (Å²) in [5.74, 6) is 2.25. The lowest BCUT2D eigenvalue weighted by Crippen LogP contribution is -2.32. The van der Waals surface area contributed by atoms with Crippen LogP contribution in [0.25, 0.3) is 33.2 Å². The van der Waals surface area contributed by atoms with Crippen LogP contribution in [0.2, 0.25) is 0 Å². The monoisotopic (exact) mass is 469 g/mol. The Labute approximate surface area is 200 Å². The van der Waals surface area contributed by atoms with E-state index in [9.17, 15) is 4.39 Å². The standard InChI is InChI=1S/C26H24FN7O/c1-14-9-21(33-35-14)26(13-28)18-6-8-34(12-19(18)26)22-11-30-24-17(10-31-25(24)32-22)15-4-5-20(27)23-16(15)3-2-7-29-23/h2-5,7,9-11,18-19H,6,8,12-13,28H2,1H3,(H,31,32)/t18-,19+,26+/m1/s1. The van der Waals surface area contributed by atoms with Gasteiger partial charge in [0.1, 0.15) is 28.4 Å². The summed E-state index contributed by atoms with van der Waals surface area (Å²) in [5.41, 5.74) is 10.7. The van der Waals surface area contributed by atoms with Crippen LogP contribution >= 0.6 is 0 Å². The van der Waals surface area contributed by atoms with E-state index >= 15 is 0 Å². The van der Waals surface area contributed by atoms with Crippen LogP contribution in [0.15, 0.2) is 53.4 Å².